The molecule has 1 aromatic carbocycles. The van der Waals surface area contributed by atoms with Crippen molar-refractivity contribution >= 4 is 33.2 Å². The average Bonchev–Trinajstić information content (AvgIpc) is 2.64. The second-order valence-corrected chi connectivity index (χ2v) is 8.68. The topological polar surface area (TPSA) is 79.4 Å². The van der Waals surface area contributed by atoms with Crippen LogP contribution in [0.4, 0.5) is 10.1 Å². The Morgan fingerprint density at radius 2 is 2.00 bits per heavy atom. The maximum atomic E-state index is 13.2. The van der Waals surface area contributed by atoms with Gasteiger partial charge in [-0.15, -0.1) is 0 Å². The van der Waals surface area contributed by atoms with Crippen LogP contribution in [0.2, 0.25) is 5.15 Å². The Bertz CT molecular complexity index is 960. The van der Waals surface area contributed by atoms with E-state index in [1.165, 1.54) is 40.8 Å². The number of aryl methyl sites for hydroxylation is 1. The Balaban J connectivity index is 1.65. The van der Waals surface area contributed by atoms with Gasteiger partial charge in [-0.2, -0.15) is 4.31 Å². The molecule has 0 spiro atoms. The molecule has 1 aromatic heterocycles. The lowest BCUT2D eigenvalue weighted by molar-refractivity contribution is -0.120. The molecule has 1 aliphatic rings. The quantitative estimate of drug-likeness (QED) is 0.783. The summed E-state index contributed by atoms with van der Waals surface area (Å²) in [4.78, 5) is 16.3. The van der Waals surface area contributed by atoms with E-state index in [-0.39, 0.29) is 40.8 Å². The zero-order valence-corrected chi connectivity index (χ0v) is 16.2. The number of amides is 1. The number of piperidine rings is 1. The highest BCUT2D eigenvalue weighted by Gasteiger charge is 2.33. The number of rotatable bonds is 4. The van der Waals surface area contributed by atoms with Crippen molar-refractivity contribution in [1.82, 2.24) is 9.29 Å². The van der Waals surface area contributed by atoms with Crippen molar-refractivity contribution < 1.29 is 17.6 Å². The smallest absolute Gasteiger partial charge is 0.246 e. The normalized spacial score (nSPS) is 16.3. The summed E-state index contributed by atoms with van der Waals surface area (Å²) in [6.45, 7) is 2.15. The summed E-state index contributed by atoms with van der Waals surface area (Å²) in [5.41, 5.74) is 1.19. The summed E-state index contributed by atoms with van der Waals surface area (Å²) in [5, 5.41) is 2.73. The monoisotopic (exact) mass is 411 g/mol. The zero-order valence-electron chi connectivity index (χ0n) is 14.7. The Labute approximate surface area is 162 Å². The van der Waals surface area contributed by atoms with Crippen LogP contribution in [0.15, 0.2) is 41.4 Å². The van der Waals surface area contributed by atoms with Crippen molar-refractivity contribution in [2.45, 2.75) is 24.7 Å². The Hall–Kier alpha value is -2.03. The number of halogens is 2. The molecule has 1 aliphatic heterocycles. The van der Waals surface area contributed by atoms with Crippen LogP contribution >= 0.6 is 11.6 Å². The third kappa shape index (κ3) is 4.28. The molecule has 2 aromatic rings. The van der Waals surface area contributed by atoms with Gasteiger partial charge >= 0.3 is 0 Å². The number of nitrogens with zero attached hydrogens (tertiary/aromatic N) is 2. The maximum Gasteiger partial charge on any atom is 0.246 e. The lowest BCUT2D eigenvalue weighted by Gasteiger charge is -2.30. The first-order chi connectivity index (χ1) is 12.8. The van der Waals surface area contributed by atoms with Crippen molar-refractivity contribution in [3.8, 4) is 0 Å². The van der Waals surface area contributed by atoms with Crippen molar-refractivity contribution in [2.24, 2.45) is 5.92 Å². The number of nitrogens with one attached hydrogen (secondary N) is 1. The van der Waals surface area contributed by atoms with Crippen molar-refractivity contribution in [3.63, 3.8) is 0 Å². The Kier molecular flexibility index (Phi) is 5.78. The van der Waals surface area contributed by atoms with E-state index in [0.29, 0.717) is 24.1 Å². The minimum atomic E-state index is -3.75. The predicted molar refractivity (Wildman–Crippen MR) is 100 cm³/mol. The summed E-state index contributed by atoms with van der Waals surface area (Å²) in [5.74, 6) is -0.871. The van der Waals surface area contributed by atoms with Crippen LogP contribution in [-0.4, -0.2) is 36.7 Å². The van der Waals surface area contributed by atoms with Gasteiger partial charge in [0.2, 0.25) is 15.9 Å². The lowest BCUT2D eigenvalue weighted by Crippen LogP contribution is -2.41. The lowest BCUT2D eigenvalue weighted by atomic mass is 9.97. The fraction of sp³-hybridized carbons (Fsp3) is 0.333. The van der Waals surface area contributed by atoms with Crippen molar-refractivity contribution in [3.05, 3.63) is 53.1 Å². The molecule has 0 radical (unpaired) electrons. The molecule has 1 N–H and O–H groups in total. The SMILES string of the molecule is Cc1cc(F)ccc1NC(=O)C1CCN(S(=O)(=O)c2cccnc2Cl)CC1. The minimum Gasteiger partial charge on any atom is -0.326 e. The number of anilines is 1. The molecule has 6 nitrogen and oxygen atoms in total. The molecule has 3 rings (SSSR count). The molecule has 27 heavy (non-hydrogen) atoms. The maximum absolute atomic E-state index is 13.2. The van der Waals surface area contributed by atoms with Crippen LogP contribution in [0, 0.1) is 18.7 Å². The molecule has 2 heterocycles. The highest BCUT2D eigenvalue weighted by Crippen LogP contribution is 2.28. The zero-order chi connectivity index (χ0) is 19.6. The molecule has 144 valence electrons. The molecule has 0 aliphatic carbocycles. The van der Waals surface area contributed by atoms with Crippen LogP contribution in [0.3, 0.4) is 0 Å². The molecule has 0 bridgehead atoms. The molecule has 0 atom stereocenters. The van der Waals surface area contributed by atoms with Crippen LogP contribution < -0.4 is 5.32 Å². The van der Waals surface area contributed by atoms with Crippen LogP contribution in [0.1, 0.15) is 18.4 Å². The second kappa shape index (κ2) is 7.92. The molecule has 1 amide bonds. The van der Waals surface area contributed by atoms with Gasteiger partial charge < -0.3 is 5.32 Å². The number of carbonyl (C=O) groups excluding carboxylic acids is 1. The Morgan fingerprint density at radius 3 is 2.63 bits per heavy atom. The number of benzene rings is 1. The fourth-order valence-electron chi connectivity index (χ4n) is 3.06. The summed E-state index contributed by atoms with van der Waals surface area (Å²) >= 11 is 5.92. The molecule has 0 saturated carbocycles. The summed E-state index contributed by atoms with van der Waals surface area (Å²) in [7, 11) is -3.75. The van der Waals surface area contributed by atoms with Crippen LogP contribution in [0.25, 0.3) is 0 Å². The van der Waals surface area contributed by atoms with Gasteiger partial charge in [0.15, 0.2) is 0 Å². The second-order valence-electron chi connectivity index (χ2n) is 6.42. The summed E-state index contributed by atoms with van der Waals surface area (Å²) < 4.78 is 39.9. The standard InChI is InChI=1S/C18H19ClFN3O3S/c1-12-11-14(20)4-5-15(12)22-18(24)13-6-9-23(10-7-13)27(25,26)16-3-2-8-21-17(16)19/h2-5,8,11,13H,6-7,9-10H2,1H3,(H,22,24). The first-order valence-corrected chi connectivity index (χ1v) is 10.3. The number of hydrogen-bond donors (Lipinski definition) is 1. The number of hydrogen-bond acceptors (Lipinski definition) is 4. The van der Waals surface area contributed by atoms with Crippen LogP contribution in [0.5, 0.6) is 0 Å². The predicted octanol–water partition coefficient (Wildman–Crippen LogP) is 3.22. The van der Waals surface area contributed by atoms with E-state index < -0.39 is 10.0 Å². The van der Waals surface area contributed by atoms with E-state index in [4.69, 9.17) is 11.6 Å². The van der Waals surface area contributed by atoms with Gasteiger partial charge in [0.1, 0.15) is 15.9 Å². The van der Waals surface area contributed by atoms with E-state index >= 15 is 0 Å². The van der Waals surface area contributed by atoms with Crippen molar-refractivity contribution in [2.75, 3.05) is 18.4 Å². The van der Waals surface area contributed by atoms with Crippen LogP contribution in [-0.2, 0) is 14.8 Å². The van der Waals surface area contributed by atoms with Gasteiger partial charge in [-0.1, -0.05) is 11.6 Å². The summed E-state index contributed by atoms with van der Waals surface area (Å²) in [6.07, 6.45) is 2.21. The molecule has 1 fully saturated rings. The third-order valence-electron chi connectivity index (χ3n) is 4.61. The first-order valence-electron chi connectivity index (χ1n) is 8.46. The van der Waals surface area contributed by atoms with E-state index in [1.54, 1.807) is 6.92 Å². The molecule has 0 unspecified atom stereocenters. The van der Waals surface area contributed by atoms with Gasteiger partial charge in [-0.05, 0) is 55.7 Å². The van der Waals surface area contributed by atoms with Gasteiger partial charge in [-0.25, -0.2) is 17.8 Å². The van der Waals surface area contributed by atoms with Gasteiger partial charge in [0.05, 0.1) is 0 Å². The Morgan fingerprint density at radius 1 is 1.30 bits per heavy atom. The molecule has 1 saturated heterocycles. The number of aromatic nitrogens is 1. The first kappa shape index (κ1) is 19.7. The molecule has 9 heteroatoms. The minimum absolute atomic E-state index is 0.0310. The largest absolute Gasteiger partial charge is 0.326 e. The fourth-order valence-corrected chi connectivity index (χ4v) is 4.96. The average molecular weight is 412 g/mol. The molecular weight excluding hydrogens is 393 g/mol. The van der Waals surface area contributed by atoms with Gasteiger partial charge in [0.25, 0.3) is 0 Å². The van der Waals surface area contributed by atoms with E-state index in [9.17, 15) is 17.6 Å². The van der Waals surface area contributed by atoms with Gasteiger partial charge in [0, 0.05) is 30.9 Å². The van der Waals surface area contributed by atoms with E-state index in [2.05, 4.69) is 10.3 Å². The highest BCUT2D eigenvalue weighted by molar-refractivity contribution is 7.89. The number of carbonyl (C=O) groups is 1. The number of pyridine rings is 1. The van der Waals surface area contributed by atoms with E-state index in [0.717, 1.165) is 0 Å². The van der Waals surface area contributed by atoms with E-state index in [1.807, 2.05) is 0 Å². The van der Waals surface area contributed by atoms with Gasteiger partial charge in [-0.3, -0.25) is 4.79 Å². The highest BCUT2D eigenvalue weighted by atomic mass is 35.5. The third-order valence-corrected chi connectivity index (χ3v) is 6.96. The molecular formula is C18H19ClFN3O3S. The number of sulfonamides is 1. The van der Waals surface area contributed by atoms with Crippen molar-refractivity contribution in [1.29, 1.82) is 0 Å². The summed E-state index contributed by atoms with van der Waals surface area (Å²) in [6, 6.07) is 7.09.